The summed E-state index contributed by atoms with van der Waals surface area (Å²) >= 11 is 0. The molecule has 0 saturated heterocycles. The summed E-state index contributed by atoms with van der Waals surface area (Å²) in [5, 5.41) is 6.67. The van der Waals surface area contributed by atoms with Crippen molar-refractivity contribution in [3.63, 3.8) is 0 Å². The normalized spacial score (nSPS) is 11.7. The summed E-state index contributed by atoms with van der Waals surface area (Å²) in [7, 11) is 0. The SMILES string of the molecule is Cc1cc(NC(C)c2ccccc2)nc(Nc2ccccc2)n1. The molecule has 4 nitrogen and oxygen atoms in total. The van der Waals surface area contributed by atoms with Crippen molar-refractivity contribution in [3.8, 4) is 0 Å². The Morgan fingerprint density at radius 1 is 0.870 bits per heavy atom. The summed E-state index contributed by atoms with van der Waals surface area (Å²) in [6.07, 6.45) is 0. The molecule has 2 N–H and O–H groups in total. The van der Waals surface area contributed by atoms with Crippen LogP contribution in [0.1, 0.15) is 24.2 Å². The molecule has 0 amide bonds. The van der Waals surface area contributed by atoms with Crippen LogP contribution in [0.3, 0.4) is 0 Å². The Bertz CT molecular complexity index is 757. The summed E-state index contributed by atoms with van der Waals surface area (Å²) in [6.45, 7) is 4.09. The first-order valence-electron chi connectivity index (χ1n) is 7.70. The topological polar surface area (TPSA) is 49.8 Å². The zero-order chi connectivity index (χ0) is 16.1. The second-order valence-electron chi connectivity index (χ2n) is 5.49. The van der Waals surface area contributed by atoms with E-state index in [0.29, 0.717) is 5.95 Å². The highest BCUT2D eigenvalue weighted by molar-refractivity contribution is 5.55. The number of hydrogen-bond donors (Lipinski definition) is 2. The van der Waals surface area contributed by atoms with E-state index in [-0.39, 0.29) is 6.04 Å². The van der Waals surface area contributed by atoms with Crippen LogP contribution in [0.25, 0.3) is 0 Å². The van der Waals surface area contributed by atoms with Gasteiger partial charge in [-0.2, -0.15) is 4.98 Å². The highest BCUT2D eigenvalue weighted by atomic mass is 15.1. The van der Waals surface area contributed by atoms with E-state index in [1.54, 1.807) is 0 Å². The predicted octanol–water partition coefficient (Wildman–Crippen LogP) is 4.70. The van der Waals surface area contributed by atoms with Gasteiger partial charge in [0.2, 0.25) is 5.95 Å². The van der Waals surface area contributed by atoms with Gasteiger partial charge in [-0.3, -0.25) is 0 Å². The standard InChI is InChI=1S/C19H20N4/c1-14-13-18(21-15(2)16-9-5-3-6-10-16)23-19(20-14)22-17-11-7-4-8-12-17/h3-13,15H,1-2H3,(H2,20,21,22,23). The lowest BCUT2D eigenvalue weighted by Crippen LogP contribution is -2.09. The van der Waals surface area contributed by atoms with E-state index in [1.807, 2.05) is 61.5 Å². The van der Waals surface area contributed by atoms with Crippen molar-refractivity contribution >= 4 is 17.5 Å². The second-order valence-corrected chi connectivity index (χ2v) is 5.49. The molecule has 0 radical (unpaired) electrons. The summed E-state index contributed by atoms with van der Waals surface area (Å²) in [5.74, 6) is 1.41. The maximum atomic E-state index is 4.56. The van der Waals surface area contributed by atoms with Crippen molar-refractivity contribution in [1.82, 2.24) is 9.97 Å². The molecule has 0 spiro atoms. The fourth-order valence-corrected chi connectivity index (χ4v) is 2.40. The smallest absolute Gasteiger partial charge is 0.229 e. The zero-order valence-electron chi connectivity index (χ0n) is 13.3. The average Bonchev–Trinajstić information content (AvgIpc) is 2.56. The van der Waals surface area contributed by atoms with Gasteiger partial charge < -0.3 is 10.6 Å². The van der Waals surface area contributed by atoms with E-state index in [2.05, 4.69) is 39.7 Å². The molecule has 0 aliphatic carbocycles. The highest BCUT2D eigenvalue weighted by Gasteiger charge is 2.08. The summed E-state index contributed by atoms with van der Waals surface area (Å²) in [6, 6.07) is 22.4. The molecule has 0 aliphatic heterocycles. The van der Waals surface area contributed by atoms with Crippen molar-refractivity contribution in [2.75, 3.05) is 10.6 Å². The maximum Gasteiger partial charge on any atom is 0.229 e. The molecular formula is C19H20N4. The van der Waals surface area contributed by atoms with Crippen LogP contribution in [-0.4, -0.2) is 9.97 Å². The number of nitrogens with one attached hydrogen (secondary N) is 2. The van der Waals surface area contributed by atoms with Crippen LogP contribution in [0.5, 0.6) is 0 Å². The Morgan fingerprint density at radius 3 is 2.22 bits per heavy atom. The molecule has 0 saturated carbocycles. The lowest BCUT2D eigenvalue weighted by Gasteiger charge is -2.16. The van der Waals surface area contributed by atoms with Crippen molar-refractivity contribution in [2.24, 2.45) is 0 Å². The monoisotopic (exact) mass is 304 g/mol. The molecule has 116 valence electrons. The van der Waals surface area contributed by atoms with Crippen LogP contribution < -0.4 is 10.6 Å². The summed E-state index contributed by atoms with van der Waals surface area (Å²) < 4.78 is 0. The lowest BCUT2D eigenvalue weighted by atomic mass is 10.1. The van der Waals surface area contributed by atoms with Gasteiger partial charge in [-0.05, 0) is 31.5 Å². The van der Waals surface area contributed by atoms with Crippen LogP contribution >= 0.6 is 0 Å². The fourth-order valence-electron chi connectivity index (χ4n) is 2.40. The first-order chi connectivity index (χ1) is 11.2. The number of aryl methyl sites for hydroxylation is 1. The lowest BCUT2D eigenvalue weighted by molar-refractivity contribution is 0.871. The van der Waals surface area contributed by atoms with Crippen LogP contribution in [0.15, 0.2) is 66.7 Å². The molecule has 2 aromatic carbocycles. The van der Waals surface area contributed by atoms with Gasteiger partial charge in [0.05, 0.1) is 0 Å². The van der Waals surface area contributed by atoms with E-state index in [1.165, 1.54) is 5.56 Å². The van der Waals surface area contributed by atoms with Crippen LogP contribution in [0.4, 0.5) is 17.5 Å². The van der Waals surface area contributed by atoms with E-state index in [9.17, 15) is 0 Å². The molecule has 0 bridgehead atoms. The molecule has 4 heteroatoms. The van der Waals surface area contributed by atoms with Crippen molar-refractivity contribution in [3.05, 3.63) is 78.0 Å². The first-order valence-corrected chi connectivity index (χ1v) is 7.70. The largest absolute Gasteiger partial charge is 0.363 e. The van der Waals surface area contributed by atoms with Crippen molar-refractivity contribution in [1.29, 1.82) is 0 Å². The fraction of sp³-hybridized carbons (Fsp3) is 0.158. The molecule has 1 unspecified atom stereocenters. The minimum atomic E-state index is 0.176. The van der Waals surface area contributed by atoms with Gasteiger partial charge in [-0.15, -0.1) is 0 Å². The average molecular weight is 304 g/mol. The quantitative estimate of drug-likeness (QED) is 0.717. The highest BCUT2D eigenvalue weighted by Crippen LogP contribution is 2.20. The molecule has 23 heavy (non-hydrogen) atoms. The number of hydrogen-bond acceptors (Lipinski definition) is 4. The minimum Gasteiger partial charge on any atom is -0.363 e. The van der Waals surface area contributed by atoms with Gasteiger partial charge in [-0.25, -0.2) is 4.98 Å². The van der Waals surface area contributed by atoms with Crippen molar-refractivity contribution < 1.29 is 0 Å². The summed E-state index contributed by atoms with van der Waals surface area (Å²) in [5.41, 5.74) is 3.11. The van der Waals surface area contributed by atoms with E-state index >= 15 is 0 Å². The van der Waals surface area contributed by atoms with Crippen LogP contribution in [0, 0.1) is 6.92 Å². The van der Waals surface area contributed by atoms with Gasteiger partial charge >= 0.3 is 0 Å². The number of anilines is 3. The van der Waals surface area contributed by atoms with Crippen LogP contribution in [-0.2, 0) is 0 Å². The van der Waals surface area contributed by atoms with E-state index in [4.69, 9.17) is 0 Å². The van der Waals surface area contributed by atoms with Gasteiger partial charge in [0, 0.05) is 23.5 Å². The second kappa shape index (κ2) is 6.92. The number of aromatic nitrogens is 2. The Kier molecular flexibility index (Phi) is 4.52. The molecule has 1 aromatic heterocycles. The summed E-state index contributed by atoms with van der Waals surface area (Å²) in [4.78, 5) is 9.01. The molecular weight excluding hydrogens is 284 g/mol. The Morgan fingerprint density at radius 2 is 1.52 bits per heavy atom. The first kappa shape index (κ1) is 15.0. The number of para-hydroxylation sites is 1. The molecule has 3 aromatic rings. The molecule has 0 fully saturated rings. The van der Waals surface area contributed by atoms with Gasteiger partial charge in [0.1, 0.15) is 5.82 Å². The Labute approximate surface area is 136 Å². The number of rotatable bonds is 5. The maximum absolute atomic E-state index is 4.56. The third-order valence-corrected chi connectivity index (χ3v) is 3.55. The third kappa shape index (κ3) is 4.07. The Hall–Kier alpha value is -2.88. The third-order valence-electron chi connectivity index (χ3n) is 3.55. The molecule has 0 aliphatic rings. The molecule has 3 rings (SSSR count). The zero-order valence-corrected chi connectivity index (χ0v) is 13.3. The van der Waals surface area contributed by atoms with Gasteiger partial charge in [-0.1, -0.05) is 48.5 Å². The predicted molar refractivity (Wildman–Crippen MR) is 95.0 cm³/mol. The van der Waals surface area contributed by atoms with Crippen molar-refractivity contribution in [2.45, 2.75) is 19.9 Å². The number of nitrogens with zero attached hydrogens (tertiary/aromatic N) is 2. The van der Waals surface area contributed by atoms with E-state index < -0.39 is 0 Å². The number of benzene rings is 2. The van der Waals surface area contributed by atoms with E-state index in [0.717, 1.165) is 17.2 Å². The Balaban J connectivity index is 1.78. The van der Waals surface area contributed by atoms with Crippen LogP contribution in [0.2, 0.25) is 0 Å². The van der Waals surface area contributed by atoms with Gasteiger partial charge in [0.25, 0.3) is 0 Å². The molecule has 1 atom stereocenters. The van der Waals surface area contributed by atoms with Gasteiger partial charge in [0.15, 0.2) is 0 Å². The molecule has 1 heterocycles. The minimum absolute atomic E-state index is 0.176.